The number of fused-ring (bicyclic) bond motifs is 1. The molecule has 0 bridgehead atoms. The summed E-state index contributed by atoms with van der Waals surface area (Å²) >= 11 is 7.42. The minimum atomic E-state index is -0.297. The van der Waals surface area contributed by atoms with Gasteiger partial charge in [-0.2, -0.15) is 4.98 Å². The van der Waals surface area contributed by atoms with E-state index in [1.807, 2.05) is 6.07 Å². The summed E-state index contributed by atoms with van der Waals surface area (Å²) in [5.41, 5.74) is 0.700. The second-order valence-corrected chi connectivity index (χ2v) is 8.52. The van der Waals surface area contributed by atoms with E-state index in [0.29, 0.717) is 26.8 Å². The molecule has 0 unspecified atom stereocenters. The zero-order valence-corrected chi connectivity index (χ0v) is 17.8. The van der Waals surface area contributed by atoms with E-state index in [1.54, 1.807) is 36.4 Å². The van der Waals surface area contributed by atoms with Gasteiger partial charge in [0.25, 0.3) is 11.5 Å². The van der Waals surface area contributed by atoms with E-state index < -0.39 is 0 Å². The number of halogens is 1. The van der Waals surface area contributed by atoms with Crippen molar-refractivity contribution < 1.29 is 4.79 Å². The minimum absolute atomic E-state index is 0.233. The lowest BCUT2D eigenvalue weighted by atomic mass is 10.2. The van der Waals surface area contributed by atoms with Crippen molar-refractivity contribution in [2.24, 2.45) is 0 Å². The van der Waals surface area contributed by atoms with Crippen LogP contribution < -0.4 is 15.8 Å². The van der Waals surface area contributed by atoms with Crippen LogP contribution in [0.3, 0.4) is 0 Å². The van der Waals surface area contributed by atoms with Gasteiger partial charge in [0.15, 0.2) is 5.13 Å². The monoisotopic (exact) mass is 415 g/mol. The molecule has 3 rings (SSSR count). The van der Waals surface area contributed by atoms with Crippen LogP contribution in [0.25, 0.3) is 10.1 Å². The predicted octanol–water partition coefficient (Wildman–Crippen LogP) is 5.19. The SMILES string of the molecule is CC(C)N(c1nc(=O)c2cc(NC(=O)c3cccc(Cl)c3)ccc2s1)C(C)C. The maximum Gasteiger partial charge on any atom is 0.281 e. The molecule has 0 saturated carbocycles. The summed E-state index contributed by atoms with van der Waals surface area (Å²) in [6.45, 7) is 8.32. The first-order valence-corrected chi connectivity index (χ1v) is 10.3. The Hall–Kier alpha value is -2.44. The number of anilines is 2. The Kier molecular flexibility index (Phi) is 6.01. The summed E-state index contributed by atoms with van der Waals surface area (Å²) in [5.74, 6) is -0.284. The van der Waals surface area contributed by atoms with Gasteiger partial charge in [-0.3, -0.25) is 9.59 Å². The van der Waals surface area contributed by atoms with Crippen LogP contribution in [0.5, 0.6) is 0 Å². The number of hydrogen-bond donors (Lipinski definition) is 1. The van der Waals surface area contributed by atoms with Gasteiger partial charge >= 0.3 is 0 Å². The summed E-state index contributed by atoms with van der Waals surface area (Å²) in [4.78, 5) is 31.5. The molecule has 1 amide bonds. The van der Waals surface area contributed by atoms with Crippen molar-refractivity contribution in [3.63, 3.8) is 0 Å². The molecule has 1 aromatic heterocycles. The molecule has 0 radical (unpaired) electrons. The Balaban J connectivity index is 1.94. The molecule has 0 spiro atoms. The Morgan fingerprint density at radius 1 is 1.11 bits per heavy atom. The smallest absolute Gasteiger partial charge is 0.281 e. The molecule has 28 heavy (non-hydrogen) atoms. The third-order valence-electron chi connectivity index (χ3n) is 4.29. The molecule has 3 aromatic rings. The number of aromatic nitrogens is 1. The highest BCUT2D eigenvalue weighted by molar-refractivity contribution is 7.21. The Morgan fingerprint density at radius 2 is 1.82 bits per heavy atom. The minimum Gasteiger partial charge on any atom is -0.343 e. The summed E-state index contributed by atoms with van der Waals surface area (Å²) < 4.78 is 0.835. The summed E-state index contributed by atoms with van der Waals surface area (Å²) in [6, 6.07) is 12.5. The molecular formula is C21H22ClN3O2S. The number of rotatable bonds is 5. The topological polar surface area (TPSA) is 62.3 Å². The van der Waals surface area contributed by atoms with Gasteiger partial charge in [-0.15, -0.1) is 0 Å². The van der Waals surface area contributed by atoms with E-state index in [9.17, 15) is 9.59 Å². The average molecular weight is 416 g/mol. The van der Waals surface area contributed by atoms with Crippen LogP contribution in [0.15, 0.2) is 47.3 Å². The molecule has 1 N–H and O–H groups in total. The van der Waals surface area contributed by atoms with Crippen molar-refractivity contribution in [2.45, 2.75) is 39.8 Å². The molecule has 146 valence electrons. The number of benzene rings is 2. The molecule has 1 heterocycles. The first-order valence-electron chi connectivity index (χ1n) is 9.06. The van der Waals surface area contributed by atoms with Gasteiger partial charge in [0.1, 0.15) is 0 Å². The van der Waals surface area contributed by atoms with Gasteiger partial charge in [0.2, 0.25) is 0 Å². The van der Waals surface area contributed by atoms with Crippen molar-refractivity contribution in [1.29, 1.82) is 0 Å². The number of carbonyl (C=O) groups excluding carboxylic acids is 1. The van der Waals surface area contributed by atoms with Gasteiger partial charge in [-0.1, -0.05) is 29.0 Å². The van der Waals surface area contributed by atoms with Crippen LogP contribution in [0.1, 0.15) is 38.1 Å². The van der Waals surface area contributed by atoms with Crippen molar-refractivity contribution in [3.05, 3.63) is 63.4 Å². The van der Waals surface area contributed by atoms with E-state index in [-0.39, 0.29) is 23.6 Å². The third-order valence-corrected chi connectivity index (χ3v) is 5.58. The molecule has 0 saturated heterocycles. The van der Waals surface area contributed by atoms with Crippen LogP contribution in [0.2, 0.25) is 5.02 Å². The Morgan fingerprint density at radius 3 is 2.46 bits per heavy atom. The molecule has 2 aromatic carbocycles. The second kappa shape index (κ2) is 8.29. The molecule has 0 aliphatic rings. The van der Waals surface area contributed by atoms with Gasteiger partial charge in [-0.25, -0.2) is 0 Å². The van der Waals surface area contributed by atoms with Crippen molar-refractivity contribution in [1.82, 2.24) is 4.98 Å². The fraction of sp³-hybridized carbons (Fsp3) is 0.286. The maximum atomic E-state index is 12.6. The lowest BCUT2D eigenvalue weighted by Crippen LogP contribution is -2.38. The first-order chi connectivity index (χ1) is 13.3. The molecule has 0 atom stereocenters. The van der Waals surface area contributed by atoms with Gasteiger partial charge in [-0.05, 0) is 64.1 Å². The summed E-state index contributed by atoms with van der Waals surface area (Å²) in [5, 5.41) is 4.50. The van der Waals surface area contributed by atoms with Crippen LogP contribution >= 0.6 is 22.9 Å². The van der Waals surface area contributed by atoms with E-state index in [4.69, 9.17) is 11.6 Å². The quantitative estimate of drug-likeness (QED) is 0.623. The van der Waals surface area contributed by atoms with Crippen LogP contribution in [0, 0.1) is 0 Å². The highest BCUT2D eigenvalue weighted by Crippen LogP contribution is 2.28. The highest BCUT2D eigenvalue weighted by atomic mass is 35.5. The maximum absolute atomic E-state index is 12.6. The van der Waals surface area contributed by atoms with Crippen molar-refractivity contribution in [2.75, 3.05) is 10.2 Å². The van der Waals surface area contributed by atoms with E-state index in [1.165, 1.54) is 11.3 Å². The van der Waals surface area contributed by atoms with Crippen LogP contribution in [-0.2, 0) is 0 Å². The van der Waals surface area contributed by atoms with Crippen LogP contribution in [-0.4, -0.2) is 23.0 Å². The number of nitrogens with zero attached hydrogens (tertiary/aromatic N) is 2. The highest BCUT2D eigenvalue weighted by Gasteiger charge is 2.18. The van der Waals surface area contributed by atoms with Gasteiger partial charge in [0.05, 0.1) is 5.39 Å². The van der Waals surface area contributed by atoms with E-state index >= 15 is 0 Å². The Labute approximate surface area is 173 Å². The molecular weight excluding hydrogens is 394 g/mol. The number of amides is 1. The molecule has 0 fully saturated rings. The average Bonchev–Trinajstić information content (AvgIpc) is 2.61. The lowest BCUT2D eigenvalue weighted by molar-refractivity contribution is 0.102. The molecule has 5 nitrogen and oxygen atoms in total. The normalized spacial score (nSPS) is 11.2. The zero-order chi connectivity index (χ0) is 20.4. The molecule has 0 aliphatic carbocycles. The van der Waals surface area contributed by atoms with Gasteiger partial charge < -0.3 is 10.2 Å². The summed E-state index contributed by atoms with van der Waals surface area (Å²) in [6.07, 6.45) is 0. The second-order valence-electron chi connectivity index (χ2n) is 7.07. The fourth-order valence-corrected chi connectivity index (χ4v) is 4.55. The predicted molar refractivity (Wildman–Crippen MR) is 118 cm³/mol. The summed E-state index contributed by atoms with van der Waals surface area (Å²) in [7, 11) is 0. The largest absolute Gasteiger partial charge is 0.343 e. The lowest BCUT2D eigenvalue weighted by Gasteiger charge is -2.31. The van der Waals surface area contributed by atoms with Crippen LogP contribution in [0.4, 0.5) is 10.8 Å². The number of hydrogen-bond acceptors (Lipinski definition) is 5. The van der Waals surface area contributed by atoms with Crippen molar-refractivity contribution in [3.8, 4) is 0 Å². The number of carbonyl (C=O) groups is 1. The number of nitrogens with one attached hydrogen (secondary N) is 1. The van der Waals surface area contributed by atoms with E-state index in [2.05, 4.69) is 42.9 Å². The standard InChI is InChI=1S/C21H22ClN3O2S/c1-12(2)25(13(3)4)21-24-20(27)17-11-16(8-9-18(17)28-21)23-19(26)14-6-5-7-15(22)10-14/h5-13H,1-4H3,(H,23,26). The van der Waals surface area contributed by atoms with E-state index in [0.717, 1.165) is 4.70 Å². The molecule has 7 heteroatoms. The third kappa shape index (κ3) is 4.34. The van der Waals surface area contributed by atoms with Crippen molar-refractivity contribution >= 4 is 49.7 Å². The zero-order valence-electron chi connectivity index (χ0n) is 16.2. The first kappa shape index (κ1) is 20.3. The molecule has 0 aliphatic heterocycles. The fourth-order valence-electron chi connectivity index (χ4n) is 3.11. The Bertz CT molecular complexity index is 1070. The van der Waals surface area contributed by atoms with Gasteiger partial charge in [0, 0.05) is 33.1 Å².